The molecule has 0 aliphatic heterocycles. The molecular formula is C15H18FN3O3. The van der Waals surface area contributed by atoms with E-state index in [4.69, 9.17) is 0 Å². The summed E-state index contributed by atoms with van der Waals surface area (Å²) in [4.78, 5) is 12.2. The summed E-state index contributed by atoms with van der Waals surface area (Å²) in [6.45, 7) is 3.29. The third-order valence-corrected chi connectivity index (χ3v) is 3.55. The summed E-state index contributed by atoms with van der Waals surface area (Å²) in [5.74, 6) is -1.27. The third kappa shape index (κ3) is 3.25. The quantitative estimate of drug-likeness (QED) is 0.783. The summed E-state index contributed by atoms with van der Waals surface area (Å²) in [5.41, 5.74) is -0.433. The SMILES string of the molecule is CC[C@@](C)(CO)NC(=O)c1nn(-c2ccc(F)cc2)cc1O. The van der Waals surface area contributed by atoms with Gasteiger partial charge in [0.25, 0.3) is 5.91 Å². The Balaban J connectivity index is 2.26. The summed E-state index contributed by atoms with van der Waals surface area (Å²) in [6, 6.07) is 5.47. The van der Waals surface area contributed by atoms with Crippen LogP contribution in [0, 0.1) is 5.82 Å². The molecule has 0 saturated heterocycles. The zero-order chi connectivity index (χ0) is 16.3. The van der Waals surface area contributed by atoms with Crippen molar-refractivity contribution >= 4 is 5.91 Å². The molecule has 0 bridgehead atoms. The van der Waals surface area contributed by atoms with Crippen LogP contribution in [0.5, 0.6) is 5.75 Å². The molecule has 0 fully saturated rings. The average molecular weight is 307 g/mol. The number of aromatic nitrogens is 2. The number of aliphatic hydroxyl groups excluding tert-OH is 1. The monoisotopic (exact) mass is 307 g/mol. The van der Waals surface area contributed by atoms with E-state index in [9.17, 15) is 19.4 Å². The predicted molar refractivity (Wildman–Crippen MR) is 78.4 cm³/mol. The number of nitrogens with zero attached hydrogens (tertiary/aromatic N) is 2. The van der Waals surface area contributed by atoms with Crippen molar-refractivity contribution in [1.82, 2.24) is 15.1 Å². The lowest BCUT2D eigenvalue weighted by Gasteiger charge is -2.26. The topological polar surface area (TPSA) is 87.4 Å². The molecule has 1 heterocycles. The van der Waals surface area contributed by atoms with Crippen molar-refractivity contribution in [2.45, 2.75) is 25.8 Å². The van der Waals surface area contributed by atoms with Crippen LogP contribution in [0.2, 0.25) is 0 Å². The van der Waals surface area contributed by atoms with Gasteiger partial charge in [-0.25, -0.2) is 9.07 Å². The van der Waals surface area contributed by atoms with E-state index in [0.717, 1.165) is 0 Å². The Bertz CT molecular complexity index is 663. The molecule has 1 amide bonds. The summed E-state index contributed by atoms with van der Waals surface area (Å²) < 4.78 is 14.2. The molecule has 1 aromatic heterocycles. The van der Waals surface area contributed by atoms with Gasteiger partial charge in [0.05, 0.1) is 24.0 Å². The Hall–Kier alpha value is -2.41. The van der Waals surface area contributed by atoms with Gasteiger partial charge in [-0.2, -0.15) is 5.10 Å². The highest BCUT2D eigenvalue weighted by molar-refractivity contribution is 5.95. The zero-order valence-electron chi connectivity index (χ0n) is 12.4. The molecule has 2 rings (SSSR count). The average Bonchev–Trinajstić information content (AvgIpc) is 2.90. The highest BCUT2D eigenvalue weighted by Crippen LogP contribution is 2.19. The minimum atomic E-state index is -0.789. The van der Waals surface area contributed by atoms with Crippen molar-refractivity contribution in [2.75, 3.05) is 6.61 Å². The second kappa shape index (κ2) is 6.15. The number of nitrogens with one attached hydrogen (secondary N) is 1. The van der Waals surface area contributed by atoms with Gasteiger partial charge in [-0.05, 0) is 37.6 Å². The summed E-state index contributed by atoms with van der Waals surface area (Å²) in [6.07, 6.45) is 1.79. The maximum Gasteiger partial charge on any atom is 0.276 e. The molecule has 0 unspecified atom stereocenters. The number of carbonyl (C=O) groups excluding carboxylic acids is 1. The number of aromatic hydroxyl groups is 1. The molecule has 118 valence electrons. The summed E-state index contributed by atoms with van der Waals surface area (Å²) >= 11 is 0. The Morgan fingerprint density at radius 1 is 1.41 bits per heavy atom. The third-order valence-electron chi connectivity index (χ3n) is 3.55. The number of carbonyl (C=O) groups is 1. The Kier molecular flexibility index (Phi) is 4.46. The highest BCUT2D eigenvalue weighted by atomic mass is 19.1. The van der Waals surface area contributed by atoms with E-state index in [1.807, 2.05) is 6.92 Å². The maximum atomic E-state index is 12.9. The highest BCUT2D eigenvalue weighted by Gasteiger charge is 2.27. The second-order valence-electron chi connectivity index (χ2n) is 5.31. The number of amides is 1. The van der Waals surface area contributed by atoms with Crippen LogP contribution in [0.4, 0.5) is 4.39 Å². The second-order valence-corrected chi connectivity index (χ2v) is 5.31. The molecule has 0 saturated carbocycles. The van der Waals surface area contributed by atoms with Gasteiger partial charge in [0, 0.05) is 0 Å². The van der Waals surface area contributed by atoms with E-state index in [0.29, 0.717) is 12.1 Å². The maximum absolute atomic E-state index is 12.9. The van der Waals surface area contributed by atoms with Gasteiger partial charge < -0.3 is 15.5 Å². The number of benzene rings is 1. The summed E-state index contributed by atoms with van der Waals surface area (Å²) in [5, 5.41) is 25.9. The van der Waals surface area contributed by atoms with Gasteiger partial charge in [0.1, 0.15) is 5.82 Å². The van der Waals surface area contributed by atoms with Gasteiger partial charge in [-0.1, -0.05) is 6.92 Å². The van der Waals surface area contributed by atoms with E-state index in [1.165, 1.54) is 35.1 Å². The van der Waals surface area contributed by atoms with Crippen molar-refractivity contribution in [3.05, 3.63) is 42.0 Å². The Labute approximate surface area is 127 Å². The lowest BCUT2D eigenvalue weighted by molar-refractivity contribution is 0.0839. The van der Waals surface area contributed by atoms with Crippen LogP contribution in [-0.2, 0) is 0 Å². The van der Waals surface area contributed by atoms with Crippen molar-refractivity contribution < 1.29 is 19.4 Å². The first-order chi connectivity index (χ1) is 10.4. The largest absolute Gasteiger partial charge is 0.504 e. The molecule has 0 radical (unpaired) electrons. The van der Waals surface area contributed by atoms with E-state index in [1.54, 1.807) is 6.92 Å². The van der Waals surface area contributed by atoms with Crippen LogP contribution in [0.1, 0.15) is 30.8 Å². The van der Waals surface area contributed by atoms with Crippen molar-refractivity contribution in [3.63, 3.8) is 0 Å². The molecule has 0 spiro atoms. The van der Waals surface area contributed by atoms with Crippen LogP contribution in [0.15, 0.2) is 30.5 Å². The molecule has 22 heavy (non-hydrogen) atoms. The van der Waals surface area contributed by atoms with Crippen LogP contribution < -0.4 is 5.32 Å². The van der Waals surface area contributed by atoms with E-state index >= 15 is 0 Å². The number of halogens is 1. The first-order valence-corrected chi connectivity index (χ1v) is 6.86. The molecule has 0 aliphatic carbocycles. The van der Waals surface area contributed by atoms with Gasteiger partial charge in [0.15, 0.2) is 11.4 Å². The molecule has 0 aliphatic rings. The van der Waals surface area contributed by atoms with Crippen molar-refractivity contribution in [1.29, 1.82) is 0 Å². The smallest absolute Gasteiger partial charge is 0.276 e. The standard InChI is InChI=1S/C15H18FN3O3/c1-3-15(2,9-20)17-14(22)13-12(21)8-19(18-13)11-6-4-10(16)5-7-11/h4-8,20-21H,3,9H2,1-2H3,(H,17,22)/t15-/m0/s1. The lowest BCUT2D eigenvalue weighted by atomic mass is 10.00. The fourth-order valence-corrected chi connectivity index (χ4v) is 1.83. The first-order valence-electron chi connectivity index (χ1n) is 6.86. The fourth-order valence-electron chi connectivity index (χ4n) is 1.83. The van der Waals surface area contributed by atoms with Crippen LogP contribution in [-0.4, -0.2) is 38.0 Å². The van der Waals surface area contributed by atoms with Gasteiger partial charge >= 0.3 is 0 Å². The lowest BCUT2D eigenvalue weighted by Crippen LogP contribution is -2.48. The van der Waals surface area contributed by atoms with Crippen molar-refractivity contribution in [3.8, 4) is 11.4 Å². The predicted octanol–water partition coefficient (Wildman–Crippen LogP) is 1.61. The molecule has 3 N–H and O–H groups in total. The molecule has 1 atom stereocenters. The van der Waals surface area contributed by atoms with Crippen LogP contribution in [0.3, 0.4) is 0 Å². The molecule has 7 heteroatoms. The van der Waals surface area contributed by atoms with E-state index in [-0.39, 0.29) is 23.9 Å². The van der Waals surface area contributed by atoms with E-state index in [2.05, 4.69) is 10.4 Å². The van der Waals surface area contributed by atoms with E-state index < -0.39 is 11.4 Å². The minimum Gasteiger partial charge on any atom is -0.504 e. The molecule has 6 nitrogen and oxygen atoms in total. The fraction of sp³-hybridized carbons (Fsp3) is 0.333. The number of rotatable bonds is 5. The Morgan fingerprint density at radius 2 is 2.05 bits per heavy atom. The Morgan fingerprint density at radius 3 is 2.59 bits per heavy atom. The minimum absolute atomic E-state index is 0.155. The van der Waals surface area contributed by atoms with Crippen LogP contribution in [0.25, 0.3) is 5.69 Å². The molecule has 1 aromatic carbocycles. The van der Waals surface area contributed by atoms with Crippen molar-refractivity contribution in [2.24, 2.45) is 0 Å². The number of hydrogen-bond donors (Lipinski definition) is 3. The normalized spacial score (nSPS) is 13.6. The van der Waals surface area contributed by atoms with Gasteiger partial charge in [0.2, 0.25) is 0 Å². The van der Waals surface area contributed by atoms with Crippen LogP contribution >= 0.6 is 0 Å². The number of hydrogen-bond acceptors (Lipinski definition) is 4. The molecule has 2 aromatic rings. The molecular weight excluding hydrogens is 289 g/mol. The zero-order valence-corrected chi connectivity index (χ0v) is 12.4. The summed E-state index contributed by atoms with van der Waals surface area (Å²) in [7, 11) is 0. The first kappa shape index (κ1) is 16.0. The number of aliphatic hydroxyl groups is 1. The van der Waals surface area contributed by atoms with Gasteiger partial charge in [-0.3, -0.25) is 4.79 Å². The van der Waals surface area contributed by atoms with Gasteiger partial charge in [-0.15, -0.1) is 0 Å².